The molecular weight excluding hydrogens is 455 g/mol. The van der Waals surface area contributed by atoms with Crippen LogP contribution in [0.3, 0.4) is 0 Å². The summed E-state index contributed by atoms with van der Waals surface area (Å²) in [6.45, 7) is -2.47. The van der Waals surface area contributed by atoms with Gasteiger partial charge in [-0.1, -0.05) is 0 Å². The van der Waals surface area contributed by atoms with Crippen molar-refractivity contribution in [1.82, 2.24) is 14.5 Å². The fraction of sp³-hybridized carbons (Fsp3) is 0.400. The van der Waals surface area contributed by atoms with E-state index in [0.29, 0.717) is 47.6 Å². The summed E-state index contributed by atoms with van der Waals surface area (Å²) >= 11 is 0. The van der Waals surface area contributed by atoms with Crippen LogP contribution in [0.2, 0.25) is 0 Å². The van der Waals surface area contributed by atoms with Gasteiger partial charge in [0.05, 0.1) is 47.5 Å². The average molecular weight is 479 g/mol. The number of alkyl halides is 2. The number of halogens is 2. The van der Waals surface area contributed by atoms with E-state index in [2.05, 4.69) is 14.7 Å². The Bertz CT molecular complexity index is 1070. The maximum Gasteiger partial charge on any atom is 1.00 e. The summed E-state index contributed by atoms with van der Waals surface area (Å²) in [6, 6.07) is 6.04. The summed E-state index contributed by atoms with van der Waals surface area (Å²) < 4.78 is 55.2. The Balaban J connectivity index is 0.00000272. The fourth-order valence-electron chi connectivity index (χ4n) is 3.18. The zero-order chi connectivity index (χ0) is 22.4. The van der Waals surface area contributed by atoms with Crippen molar-refractivity contribution in [3.63, 3.8) is 0 Å². The zero-order valence-electron chi connectivity index (χ0n) is 19.1. The van der Waals surface area contributed by atoms with Gasteiger partial charge < -0.3 is 25.3 Å². The Morgan fingerprint density at radius 1 is 1.22 bits per heavy atom. The largest absolute Gasteiger partial charge is 1.00 e. The summed E-state index contributed by atoms with van der Waals surface area (Å²) in [7, 11) is 1.35. The van der Waals surface area contributed by atoms with E-state index in [1.807, 2.05) is 0 Å². The predicted octanol–water partition coefficient (Wildman–Crippen LogP) is 0.247. The summed E-state index contributed by atoms with van der Waals surface area (Å²) in [6.07, 6.45) is 2.72. The van der Waals surface area contributed by atoms with E-state index in [-0.39, 0.29) is 54.2 Å². The summed E-state index contributed by atoms with van der Waals surface area (Å²) in [5.41, 5.74) is 1.46. The number of unbranched alkanes of at least 4 members (excludes halogenated alkanes) is 1. The van der Waals surface area contributed by atoms with Crippen LogP contribution < -0.4 is 43.8 Å². The number of ether oxygens (including phenoxy) is 3. The molecule has 0 spiro atoms. The first kappa shape index (κ1) is 26.5. The zero-order valence-corrected chi connectivity index (χ0v) is 20.9. The van der Waals surface area contributed by atoms with Gasteiger partial charge in [-0.3, -0.25) is 9.19 Å². The predicted molar refractivity (Wildman–Crippen MR) is 111 cm³/mol. The maximum absolute atomic E-state index is 13.3. The summed E-state index contributed by atoms with van der Waals surface area (Å²) in [4.78, 5) is 8.69. The second kappa shape index (κ2) is 12.4. The molecule has 32 heavy (non-hydrogen) atoms. The molecule has 1 unspecified atom stereocenters. The van der Waals surface area contributed by atoms with Crippen LogP contribution in [0.25, 0.3) is 11.0 Å². The van der Waals surface area contributed by atoms with Crippen LogP contribution in [-0.2, 0) is 23.1 Å². The molecule has 170 valence electrons. The minimum atomic E-state index is -2.95. The average Bonchev–Trinajstić information content (AvgIpc) is 3.11. The number of aliphatic hydroxyl groups excluding tert-OH is 1. The molecular formula is C20H24F2N3NaO5S. The van der Waals surface area contributed by atoms with Gasteiger partial charge >= 0.3 is 36.2 Å². The number of hydrogen-bond donors (Lipinski definition) is 1. The van der Waals surface area contributed by atoms with E-state index in [9.17, 15) is 13.0 Å². The number of hydrogen-bond acceptors (Lipinski definition) is 7. The molecule has 1 atom stereocenters. The number of fused-ring (bicyclic) bond motifs is 1. The number of aromatic nitrogens is 3. The van der Waals surface area contributed by atoms with Gasteiger partial charge in [-0.05, 0) is 25.0 Å². The fourth-order valence-corrected chi connectivity index (χ4v) is 4.40. The smallest absolute Gasteiger partial charge is 1.00 e. The number of rotatable bonds is 11. The molecule has 0 aliphatic carbocycles. The molecule has 8 nitrogen and oxygen atoms in total. The van der Waals surface area contributed by atoms with Crippen molar-refractivity contribution in [2.75, 3.05) is 20.8 Å². The Hall–Kier alpha value is -1.79. The molecule has 0 fully saturated rings. The van der Waals surface area contributed by atoms with Gasteiger partial charge in [-0.2, -0.15) is 8.78 Å². The van der Waals surface area contributed by atoms with Crippen molar-refractivity contribution in [3.05, 3.63) is 36.2 Å². The molecule has 0 aliphatic heterocycles. The van der Waals surface area contributed by atoms with Crippen LogP contribution in [0, 0.1) is 0 Å². The normalized spacial score (nSPS) is 11.9. The molecule has 2 heterocycles. The number of aryl methyl sites for hydroxylation is 1. The standard InChI is InChI=1S/C20H23F2N3O5S.Na.H/c1-28-17-7-8-23-15(18(17)29-2)12-31(27)20-24-14-11-13(30-19(21)22)5-6-16(14)25(20)9-3-4-10-26;;/h5-8,11,19,26H,3-4,9-10,12H2,1-2H3;;/q;+1;-1. The van der Waals surface area contributed by atoms with Crippen LogP contribution in [0.15, 0.2) is 35.6 Å². The van der Waals surface area contributed by atoms with Gasteiger partial charge in [0.15, 0.2) is 16.7 Å². The third-order valence-electron chi connectivity index (χ3n) is 4.54. The molecule has 3 rings (SSSR count). The maximum atomic E-state index is 13.3. The van der Waals surface area contributed by atoms with Gasteiger partial charge in [0.25, 0.3) is 0 Å². The summed E-state index contributed by atoms with van der Waals surface area (Å²) in [5.74, 6) is 0.837. The topological polar surface area (TPSA) is 95.7 Å². The van der Waals surface area contributed by atoms with Crippen molar-refractivity contribution in [2.45, 2.75) is 36.9 Å². The second-order valence-electron chi connectivity index (χ2n) is 6.49. The SMILES string of the molecule is COc1ccnc(CS(=O)c2nc3cc(OC(F)F)ccc3n2CCCCO)c1OC.[H-].[Na+]. The minimum absolute atomic E-state index is 0. The van der Waals surface area contributed by atoms with Crippen molar-refractivity contribution >= 4 is 21.8 Å². The van der Waals surface area contributed by atoms with E-state index in [1.165, 1.54) is 32.5 Å². The Morgan fingerprint density at radius 2 is 2.00 bits per heavy atom. The van der Waals surface area contributed by atoms with E-state index in [0.717, 1.165) is 0 Å². The number of methoxy groups -OCH3 is 2. The van der Waals surface area contributed by atoms with Crippen LogP contribution in [0.5, 0.6) is 17.2 Å². The van der Waals surface area contributed by atoms with E-state index in [4.69, 9.17) is 14.6 Å². The Labute approximate surface area is 210 Å². The number of nitrogens with zero attached hydrogens (tertiary/aromatic N) is 3. The first-order valence-corrected chi connectivity index (χ1v) is 10.8. The number of imidazole rings is 1. The molecule has 1 N–H and O–H groups in total. The molecule has 0 saturated heterocycles. The first-order valence-electron chi connectivity index (χ1n) is 9.48. The van der Waals surface area contributed by atoms with Crippen molar-refractivity contribution in [1.29, 1.82) is 0 Å². The second-order valence-corrected chi connectivity index (χ2v) is 7.83. The molecule has 2 aromatic heterocycles. The minimum Gasteiger partial charge on any atom is -1.00 e. The quantitative estimate of drug-likeness (QED) is 0.311. The first-order chi connectivity index (χ1) is 15.0. The van der Waals surface area contributed by atoms with Gasteiger partial charge in [0.2, 0.25) is 0 Å². The van der Waals surface area contributed by atoms with Crippen LogP contribution in [0.1, 0.15) is 20.0 Å². The van der Waals surface area contributed by atoms with Crippen LogP contribution >= 0.6 is 0 Å². The van der Waals surface area contributed by atoms with Gasteiger partial charge in [-0.25, -0.2) is 4.98 Å². The number of benzene rings is 1. The third kappa shape index (κ3) is 6.16. The number of aliphatic hydroxyl groups is 1. The molecule has 0 bridgehead atoms. The van der Waals surface area contributed by atoms with E-state index >= 15 is 0 Å². The molecule has 0 radical (unpaired) electrons. The van der Waals surface area contributed by atoms with E-state index in [1.54, 1.807) is 16.7 Å². The summed E-state index contributed by atoms with van der Waals surface area (Å²) in [5, 5.41) is 9.37. The van der Waals surface area contributed by atoms with Crippen LogP contribution in [-0.4, -0.2) is 51.3 Å². The Morgan fingerprint density at radius 3 is 2.66 bits per heavy atom. The Kier molecular flexibility index (Phi) is 10.3. The van der Waals surface area contributed by atoms with Crippen molar-refractivity contribution < 1.29 is 63.3 Å². The molecule has 0 saturated carbocycles. The van der Waals surface area contributed by atoms with Gasteiger partial charge in [0.1, 0.15) is 5.75 Å². The molecule has 0 amide bonds. The third-order valence-corrected chi connectivity index (χ3v) is 5.79. The van der Waals surface area contributed by atoms with Crippen molar-refractivity contribution in [2.24, 2.45) is 0 Å². The molecule has 3 aromatic rings. The van der Waals surface area contributed by atoms with Gasteiger partial charge in [-0.15, -0.1) is 0 Å². The number of pyridine rings is 1. The molecule has 0 aliphatic rings. The molecule has 1 aromatic carbocycles. The van der Waals surface area contributed by atoms with Gasteiger partial charge in [0, 0.05) is 31.5 Å². The monoisotopic (exact) mass is 479 g/mol. The van der Waals surface area contributed by atoms with Crippen molar-refractivity contribution in [3.8, 4) is 17.2 Å². The van der Waals surface area contributed by atoms with E-state index < -0.39 is 17.4 Å². The van der Waals surface area contributed by atoms with Crippen LogP contribution in [0.4, 0.5) is 8.78 Å². The molecule has 12 heteroatoms.